The van der Waals surface area contributed by atoms with Gasteiger partial charge in [-0.1, -0.05) is 38.0 Å². The summed E-state index contributed by atoms with van der Waals surface area (Å²) in [6.07, 6.45) is 3.53. The van der Waals surface area contributed by atoms with Gasteiger partial charge < -0.3 is 10.4 Å². The number of rotatable bonds is 3. The molecule has 1 aromatic carbocycles. The zero-order valence-corrected chi connectivity index (χ0v) is 10.1. The molecule has 17 heavy (non-hydrogen) atoms. The average Bonchev–Trinajstić information content (AvgIpc) is 2.30. The first-order chi connectivity index (χ1) is 8.12. The van der Waals surface area contributed by atoms with E-state index in [1.807, 2.05) is 30.3 Å². The van der Waals surface area contributed by atoms with Crippen molar-refractivity contribution >= 4 is 11.7 Å². The van der Waals surface area contributed by atoms with Crippen LogP contribution in [0.1, 0.15) is 32.6 Å². The van der Waals surface area contributed by atoms with Crippen LogP contribution >= 0.6 is 0 Å². The number of carbonyl (C=O) groups is 1. The second-order valence-corrected chi connectivity index (χ2v) is 5.08. The van der Waals surface area contributed by atoms with Gasteiger partial charge in [-0.2, -0.15) is 0 Å². The van der Waals surface area contributed by atoms with Crippen LogP contribution in [0.15, 0.2) is 30.3 Å². The van der Waals surface area contributed by atoms with E-state index < -0.39 is 11.5 Å². The summed E-state index contributed by atoms with van der Waals surface area (Å²) in [6, 6.07) is 9.62. The second-order valence-electron chi connectivity index (χ2n) is 5.08. The summed E-state index contributed by atoms with van der Waals surface area (Å²) in [6.45, 7) is 2.13. The van der Waals surface area contributed by atoms with Crippen LogP contribution in [-0.2, 0) is 4.79 Å². The van der Waals surface area contributed by atoms with Crippen LogP contribution in [0, 0.1) is 5.92 Å². The molecule has 0 saturated heterocycles. The Balaban J connectivity index is 2.20. The first-order valence-corrected chi connectivity index (χ1v) is 6.19. The van der Waals surface area contributed by atoms with Gasteiger partial charge in [-0.05, 0) is 30.9 Å². The van der Waals surface area contributed by atoms with Crippen molar-refractivity contribution in [1.29, 1.82) is 0 Å². The molecule has 3 heteroatoms. The lowest BCUT2D eigenvalue weighted by molar-refractivity contribution is -0.144. The normalized spacial score (nSPS) is 28.6. The lowest BCUT2D eigenvalue weighted by Gasteiger charge is -2.37. The summed E-state index contributed by atoms with van der Waals surface area (Å²) < 4.78 is 0. The minimum Gasteiger partial charge on any atom is -0.480 e. The summed E-state index contributed by atoms with van der Waals surface area (Å²) in [5, 5.41) is 12.7. The van der Waals surface area contributed by atoms with Crippen molar-refractivity contribution in [3.8, 4) is 0 Å². The average molecular weight is 233 g/mol. The number of carboxylic acids is 1. The highest BCUT2D eigenvalue weighted by Crippen LogP contribution is 2.35. The quantitative estimate of drug-likeness (QED) is 0.843. The van der Waals surface area contributed by atoms with E-state index in [2.05, 4.69) is 12.2 Å². The molecule has 1 saturated carbocycles. The molecule has 2 atom stereocenters. The molecule has 0 amide bonds. The van der Waals surface area contributed by atoms with E-state index in [0.717, 1.165) is 18.5 Å². The van der Waals surface area contributed by atoms with Crippen molar-refractivity contribution in [2.45, 2.75) is 38.1 Å². The predicted octanol–water partition coefficient (Wildman–Crippen LogP) is 3.13. The monoisotopic (exact) mass is 233 g/mol. The van der Waals surface area contributed by atoms with Crippen molar-refractivity contribution in [3.05, 3.63) is 30.3 Å². The third kappa shape index (κ3) is 2.60. The third-order valence-electron chi connectivity index (χ3n) is 3.56. The number of nitrogens with one attached hydrogen (secondary N) is 1. The molecule has 0 spiro atoms. The van der Waals surface area contributed by atoms with Crippen LogP contribution < -0.4 is 5.32 Å². The number of hydrogen-bond acceptors (Lipinski definition) is 2. The summed E-state index contributed by atoms with van der Waals surface area (Å²) in [5.74, 6) is -0.260. The molecular formula is C14H19NO2. The highest BCUT2D eigenvalue weighted by atomic mass is 16.4. The molecule has 0 aromatic heterocycles. The molecule has 0 radical (unpaired) electrons. The van der Waals surface area contributed by atoms with E-state index >= 15 is 0 Å². The fourth-order valence-electron chi connectivity index (χ4n) is 2.71. The molecule has 0 heterocycles. The topological polar surface area (TPSA) is 49.3 Å². The lowest BCUT2D eigenvalue weighted by Crippen LogP contribution is -2.49. The molecule has 2 N–H and O–H groups in total. The van der Waals surface area contributed by atoms with Crippen molar-refractivity contribution in [2.75, 3.05) is 5.32 Å². The number of benzene rings is 1. The van der Waals surface area contributed by atoms with Gasteiger partial charge in [0, 0.05) is 5.69 Å². The van der Waals surface area contributed by atoms with E-state index in [0.29, 0.717) is 18.8 Å². The number of hydrogen-bond donors (Lipinski definition) is 2. The van der Waals surface area contributed by atoms with Gasteiger partial charge in [0.1, 0.15) is 5.54 Å². The predicted molar refractivity (Wildman–Crippen MR) is 68.1 cm³/mol. The van der Waals surface area contributed by atoms with Crippen molar-refractivity contribution in [1.82, 2.24) is 0 Å². The van der Waals surface area contributed by atoms with Crippen molar-refractivity contribution < 1.29 is 9.90 Å². The highest BCUT2D eigenvalue weighted by molar-refractivity contribution is 5.83. The Bertz CT molecular complexity index is 390. The number of carboxylic acid groups (broad SMARTS) is 1. The van der Waals surface area contributed by atoms with Crippen molar-refractivity contribution in [2.24, 2.45) is 5.92 Å². The highest BCUT2D eigenvalue weighted by Gasteiger charge is 2.41. The summed E-state index contributed by atoms with van der Waals surface area (Å²) in [7, 11) is 0. The maximum Gasteiger partial charge on any atom is 0.329 e. The molecule has 1 aliphatic carbocycles. The maximum absolute atomic E-state index is 11.6. The fraction of sp³-hybridized carbons (Fsp3) is 0.500. The first kappa shape index (κ1) is 12.0. The number of anilines is 1. The maximum atomic E-state index is 11.6. The minimum atomic E-state index is -0.779. The van der Waals surface area contributed by atoms with Crippen LogP contribution in [0.4, 0.5) is 5.69 Å². The van der Waals surface area contributed by atoms with Gasteiger partial charge in [0.15, 0.2) is 0 Å². The molecule has 2 unspecified atom stereocenters. The van der Waals surface area contributed by atoms with Crippen LogP contribution in [-0.4, -0.2) is 16.6 Å². The fourth-order valence-corrected chi connectivity index (χ4v) is 2.71. The van der Waals surface area contributed by atoms with Gasteiger partial charge in [-0.15, -0.1) is 0 Å². The van der Waals surface area contributed by atoms with Gasteiger partial charge in [-0.3, -0.25) is 0 Å². The molecule has 1 fully saturated rings. The van der Waals surface area contributed by atoms with E-state index in [4.69, 9.17) is 0 Å². The van der Waals surface area contributed by atoms with Gasteiger partial charge in [0.2, 0.25) is 0 Å². The van der Waals surface area contributed by atoms with Crippen molar-refractivity contribution in [3.63, 3.8) is 0 Å². The molecule has 1 aliphatic rings. The van der Waals surface area contributed by atoms with Gasteiger partial charge >= 0.3 is 5.97 Å². The Morgan fingerprint density at radius 3 is 2.71 bits per heavy atom. The van der Waals surface area contributed by atoms with Crippen LogP contribution in [0.2, 0.25) is 0 Å². The summed E-state index contributed by atoms with van der Waals surface area (Å²) >= 11 is 0. The van der Waals surface area contributed by atoms with E-state index in [1.165, 1.54) is 0 Å². The number of aliphatic carboxylic acids is 1. The molecule has 1 aromatic rings. The molecule has 92 valence electrons. The Kier molecular flexibility index (Phi) is 3.36. The third-order valence-corrected chi connectivity index (χ3v) is 3.56. The van der Waals surface area contributed by atoms with Gasteiger partial charge in [-0.25, -0.2) is 4.79 Å². The minimum absolute atomic E-state index is 0.469. The molecule has 0 bridgehead atoms. The first-order valence-electron chi connectivity index (χ1n) is 6.19. The van der Waals surface area contributed by atoms with E-state index in [-0.39, 0.29) is 0 Å². The molecule has 3 nitrogen and oxygen atoms in total. The van der Waals surface area contributed by atoms with Crippen LogP contribution in [0.25, 0.3) is 0 Å². The van der Waals surface area contributed by atoms with E-state index in [9.17, 15) is 9.90 Å². The van der Waals surface area contributed by atoms with Crippen LogP contribution in [0.5, 0.6) is 0 Å². The lowest BCUT2D eigenvalue weighted by atomic mass is 9.76. The van der Waals surface area contributed by atoms with Crippen LogP contribution in [0.3, 0.4) is 0 Å². The van der Waals surface area contributed by atoms with Gasteiger partial charge in [0.05, 0.1) is 0 Å². The Morgan fingerprint density at radius 1 is 1.41 bits per heavy atom. The Morgan fingerprint density at radius 2 is 2.12 bits per heavy atom. The zero-order valence-electron chi connectivity index (χ0n) is 10.1. The van der Waals surface area contributed by atoms with Gasteiger partial charge in [0.25, 0.3) is 0 Å². The Hall–Kier alpha value is -1.51. The summed E-state index contributed by atoms with van der Waals surface area (Å²) in [4.78, 5) is 11.6. The molecule has 2 rings (SSSR count). The SMILES string of the molecule is CC1CCCC(Nc2ccccc2)(C(=O)O)C1. The summed E-state index contributed by atoms with van der Waals surface area (Å²) in [5.41, 5.74) is 0.114. The standard InChI is InChI=1S/C14H19NO2/c1-11-6-5-9-14(10-11,13(16)17)15-12-7-3-2-4-8-12/h2-4,7-8,11,15H,5-6,9-10H2,1H3,(H,16,17). The molecular weight excluding hydrogens is 214 g/mol. The zero-order chi connectivity index (χ0) is 12.3. The smallest absolute Gasteiger partial charge is 0.329 e. The largest absolute Gasteiger partial charge is 0.480 e. The second kappa shape index (κ2) is 4.78. The van der Waals surface area contributed by atoms with E-state index in [1.54, 1.807) is 0 Å². The molecule has 0 aliphatic heterocycles. The number of para-hydroxylation sites is 1. The Labute approximate surface area is 102 Å².